The minimum atomic E-state index is -2.25. The first-order valence-electron chi connectivity index (χ1n) is 17.2. The van der Waals surface area contributed by atoms with Gasteiger partial charge in [-0.3, -0.25) is 14.7 Å². The summed E-state index contributed by atoms with van der Waals surface area (Å²) in [6.45, 7) is 3.16. The number of halogens is 4. The first-order valence-corrected chi connectivity index (χ1v) is 18.0. The van der Waals surface area contributed by atoms with E-state index in [4.69, 9.17) is 37.9 Å². The third-order valence-corrected chi connectivity index (χ3v) is 10.6. The minimum absolute atomic E-state index is 0.0927. The Morgan fingerprint density at radius 1 is 1.00 bits per heavy atom. The van der Waals surface area contributed by atoms with Crippen LogP contribution in [0.2, 0.25) is 10.0 Å². The number of fused-ring (bicyclic) bond motifs is 1. The lowest BCUT2D eigenvalue weighted by atomic mass is 9.97. The fourth-order valence-electron chi connectivity index (χ4n) is 7.03. The summed E-state index contributed by atoms with van der Waals surface area (Å²) in [5.74, 6) is 0.666. The van der Waals surface area contributed by atoms with E-state index in [-0.39, 0.29) is 11.9 Å². The summed E-state index contributed by atoms with van der Waals surface area (Å²) in [5.41, 5.74) is 7.24. The maximum atomic E-state index is 13.1. The smallest absolute Gasteiger partial charge is 0.241 e. The van der Waals surface area contributed by atoms with Crippen LogP contribution in [0, 0.1) is 5.92 Å². The molecule has 0 saturated carbocycles. The van der Waals surface area contributed by atoms with Crippen LogP contribution in [0.5, 0.6) is 5.88 Å². The molecule has 0 aliphatic carbocycles. The number of carbonyl (C=O) groups is 1. The number of aliphatic imine (C=N–C) groups is 1. The number of nitrogens with zero attached hydrogens (tertiary/aromatic N) is 4. The Labute approximate surface area is 305 Å². The monoisotopic (exact) mass is 733 g/mol. The zero-order valence-electron chi connectivity index (χ0n) is 28.2. The van der Waals surface area contributed by atoms with Crippen molar-refractivity contribution in [1.82, 2.24) is 25.5 Å². The minimum Gasteiger partial charge on any atom is -0.481 e. The van der Waals surface area contributed by atoms with Gasteiger partial charge in [0.2, 0.25) is 18.2 Å². The van der Waals surface area contributed by atoms with Crippen molar-refractivity contribution in [2.45, 2.75) is 51.1 Å². The molecule has 2 fully saturated rings. The molecular formula is C38H39Cl2F2N7O2. The third kappa shape index (κ3) is 7.86. The Kier molecular flexibility index (Phi) is 10.8. The first kappa shape index (κ1) is 35.3. The number of aromatic nitrogens is 2. The summed E-state index contributed by atoms with van der Waals surface area (Å²) >= 11 is 14.2. The number of nitrogens with one attached hydrogen (secondary N) is 3. The van der Waals surface area contributed by atoms with E-state index in [1.54, 1.807) is 13.3 Å². The largest absolute Gasteiger partial charge is 0.481 e. The number of carbonyl (C=O) groups excluding carboxylic acids is 1. The molecule has 3 aliphatic rings. The highest BCUT2D eigenvalue weighted by Crippen LogP contribution is 2.43. The standard InChI is InChI=1S/C38H39Cl2F2N7O2/c1-51-38-24(19-43-20-25-9-11-32(50)45-25)8-10-30(48-38)29-6-2-4-27(33(29)39)28-5-3-7-31(34(28)40)47-37-35-23(12-15-44-37)18-26(46-35)21-49-16-13-22(14-17-49)36(41)42/h2-8,10,12,15,22,25,36,43H,9,11,13-14,16-21H2,1H3,(H,44,47)(H,45,50)/t25-/m1/s1. The van der Waals surface area contributed by atoms with E-state index in [1.807, 2.05) is 54.6 Å². The van der Waals surface area contributed by atoms with E-state index in [9.17, 15) is 13.6 Å². The molecule has 5 heterocycles. The van der Waals surface area contributed by atoms with Crippen molar-refractivity contribution in [2.24, 2.45) is 10.9 Å². The predicted molar refractivity (Wildman–Crippen MR) is 198 cm³/mol. The molecule has 51 heavy (non-hydrogen) atoms. The Hall–Kier alpha value is -4.16. The number of likely N-dealkylation sites (tertiary alicyclic amines) is 1. The number of methoxy groups -OCH3 is 1. The van der Waals surface area contributed by atoms with Crippen molar-refractivity contribution >= 4 is 52.0 Å². The SMILES string of the molecule is COc1nc(-c2cccc(-c3cccc(Nc4nccc5c4N=C(CN4CCC(C(F)F)CC4)C5)c3Cl)c2Cl)ccc1CNC[C@H]1CCC(=O)N1. The highest BCUT2D eigenvalue weighted by Gasteiger charge is 2.28. The van der Waals surface area contributed by atoms with Gasteiger partial charge in [0.15, 0.2) is 5.82 Å². The van der Waals surface area contributed by atoms with Crippen LogP contribution in [0.3, 0.4) is 0 Å². The number of benzene rings is 2. The highest BCUT2D eigenvalue weighted by molar-refractivity contribution is 6.39. The quantitative estimate of drug-likeness (QED) is 0.136. The van der Waals surface area contributed by atoms with Gasteiger partial charge in [0, 0.05) is 78.6 Å². The number of hydrogen-bond acceptors (Lipinski definition) is 8. The summed E-state index contributed by atoms with van der Waals surface area (Å²) in [5, 5.41) is 10.7. The normalized spacial score (nSPS) is 17.8. The van der Waals surface area contributed by atoms with Gasteiger partial charge >= 0.3 is 0 Å². The number of hydrogen-bond donors (Lipinski definition) is 3. The van der Waals surface area contributed by atoms with Gasteiger partial charge < -0.3 is 20.7 Å². The molecule has 266 valence electrons. The van der Waals surface area contributed by atoms with Crippen LogP contribution in [0.4, 0.5) is 26.0 Å². The van der Waals surface area contributed by atoms with Crippen LogP contribution in [-0.2, 0) is 17.8 Å². The van der Waals surface area contributed by atoms with Gasteiger partial charge in [-0.1, -0.05) is 59.6 Å². The van der Waals surface area contributed by atoms with Crippen LogP contribution < -0.4 is 20.7 Å². The molecule has 1 atom stereocenters. The van der Waals surface area contributed by atoms with Crippen LogP contribution in [0.25, 0.3) is 22.4 Å². The zero-order chi connectivity index (χ0) is 35.5. The molecule has 2 saturated heterocycles. The highest BCUT2D eigenvalue weighted by atomic mass is 35.5. The Bertz CT molecular complexity index is 1950. The van der Waals surface area contributed by atoms with E-state index in [1.165, 1.54) is 0 Å². The van der Waals surface area contributed by atoms with E-state index < -0.39 is 12.3 Å². The summed E-state index contributed by atoms with van der Waals surface area (Å²) in [7, 11) is 1.59. The van der Waals surface area contributed by atoms with Gasteiger partial charge in [-0.2, -0.15) is 0 Å². The summed E-state index contributed by atoms with van der Waals surface area (Å²) in [4.78, 5) is 28.0. The molecule has 4 aromatic rings. The lowest BCUT2D eigenvalue weighted by molar-refractivity contribution is -0.119. The van der Waals surface area contributed by atoms with Gasteiger partial charge in [-0.05, 0) is 56.1 Å². The van der Waals surface area contributed by atoms with Crippen LogP contribution in [-0.4, -0.2) is 72.2 Å². The second kappa shape index (κ2) is 15.6. The molecule has 0 spiro atoms. The maximum absolute atomic E-state index is 13.1. The molecule has 3 aliphatic heterocycles. The van der Waals surface area contributed by atoms with Crippen LogP contribution in [0.15, 0.2) is 65.8 Å². The number of piperidine rings is 1. The number of anilines is 2. The zero-order valence-corrected chi connectivity index (χ0v) is 29.7. The molecular weight excluding hydrogens is 695 g/mol. The molecule has 0 radical (unpaired) electrons. The Balaban J connectivity index is 1.07. The third-order valence-electron chi connectivity index (χ3n) is 9.81. The lowest BCUT2D eigenvalue weighted by Gasteiger charge is -2.31. The number of amides is 1. The van der Waals surface area contributed by atoms with Crippen molar-refractivity contribution in [3.05, 3.63) is 82.0 Å². The second-order valence-corrected chi connectivity index (χ2v) is 14.0. The second-order valence-electron chi connectivity index (χ2n) is 13.2. The molecule has 0 bridgehead atoms. The molecule has 1 amide bonds. The van der Waals surface area contributed by atoms with E-state index in [0.717, 1.165) is 45.6 Å². The fraction of sp³-hybridized carbons (Fsp3) is 0.368. The van der Waals surface area contributed by atoms with E-state index in [0.29, 0.717) is 91.5 Å². The molecule has 2 aromatic carbocycles. The van der Waals surface area contributed by atoms with Gasteiger partial charge in [0.1, 0.15) is 5.69 Å². The van der Waals surface area contributed by atoms with Crippen molar-refractivity contribution in [3.63, 3.8) is 0 Å². The van der Waals surface area contributed by atoms with Gasteiger partial charge in [-0.25, -0.2) is 18.7 Å². The molecule has 7 rings (SSSR count). The lowest BCUT2D eigenvalue weighted by Crippen LogP contribution is -2.39. The van der Waals surface area contributed by atoms with Crippen molar-refractivity contribution in [3.8, 4) is 28.3 Å². The first-order chi connectivity index (χ1) is 24.8. The van der Waals surface area contributed by atoms with E-state index >= 15 is 0 Å². The van der Waals surface area contributed by atoms with Crippen molar-refractivity contribution in [1.29, 1.82) is 0 Å². The number of alkyl halides is 2. The van der Waals surface area contributed by atoms with Crippen molar-refractivity contribution in [2.75, 3.05) is 38.6 Å². The molecule has 0 unspecified atom stereocenters. The van der Waals surface area contributed by atoms with Gasteiger partial charge in [-0.15, -0.1) is 0 Å². The van der Waals surface area contributed by atoms with Crippen molar-refractivity contribution < 1.29 is 18.3 Å². The molecule has 3 N–H and O–H groups in total. The summed E-state index contributed by atoms with van der Waals surface area (Å²) in [6.07, 6.45) is 2.60. The molecule has 2 aromatic heterocycles. The number of pyridine rings is 2. The number of ether oxygens (including phenoxy) is 1. The summed E-state index contributed by atoms with van der Waals surface area (Å²) < 4.78 is 31.9. The average Bonchev–Trinajstić information content (AvgIpc) is 3.75. The summed E-state index contributed by atoms with van der Waals surface area (Å²) in [6, 6.07) is 17.5. The molecule has 9 nitrogen and oxygen atoms in total. The predicted octanol–water partition coefficient (Wildman–Crippen LogP) is 7.84. The Morgan fingerprint density at radius 2 is 1.76 bits per heavy atom. The van der Waals surface area contributed by atoms with Crippen LogP contribution in [0.1, 0.15) is 36.8 Å². The van der Waals surface area contributed by atoms with E-state index in [2.05, 4.69) is 25.8 Å². The van der Waals surface area contributed by atoms with Gasteiger partial charge in [0.05, 0.1) is 28.5 Å². The topological polar surface area (TPSA) is 104 Å². The Morgan fingerprint density at radius 3 is 2.51 bits per heavy atom. The average molecular weight is 735 g/mol. The number of rotatable bonds is 12. The maximum Gasteiger partial charge on any atom is 0.241 e. The fourth-order valence-corrected chi connectivity index (χ4v) is 7.63. The van der Waals surface area contributed by atoms with Gasteiger partial charge in [0.25, 0.3) is 0 Å². The molecule has 13 heteroatoms. The van der Waals surface area contributed by atoms with Crippen LogP contribution >= 0.6 is 23.2 Å².